The van der Waals surface area contributed by atoms with Crippen LogP contribution in [-0.4, -0.2) is 24.5 Å². The van der Waals surface area contributed by atoms with Crippen molar-refractivity contribution < 1.29 is 4.79 Å². The average Bonchev–Trinajstić information content (AvgIpc) is 2.38. The molecule has 1 aromatic rings. The molecule has 2 unspecified atom stereocenters. The van der Waals surface area contributed by atoms with Crippen LogP contribution in [0.3, 0.4) is 0 Å². The van der Waals surface area contributed by atoms with Crippen LogP contribution >= 0.6 is 0 Å². The Morgan fingerprint density at radius 1 is 1.39 bits per heavy atom. The summed E-state index contributed by atoms with van der Waals surface area (Å²) in [5.41, 5.74) is 0.867. The number of piperidine rings is 1. The van der Waals surface area contributed by atoms with Crippen molar-refractivity contribution in [2.75, 3.05) is 6.54 Å². The monoisotopic (exact) mass is 242 g/mol. The first-order valence-corrected chi connectivity index (χ1v) is 6.35. The maximum atomic E-state index is 11.7. The van der Waals surface area contributed by atoms with Crippen LogP contribution in [0.5, 0.6) is 0 Å². The van der Waals surface area contributed by atoms with Gasteiger partial charge in [0, 0.05) is 23.6 Å². The van der Waals surface area contributed by atoms with Crippen LogP contribution in [-0.2, 0) is 4.79 Å². The highest BCUT2D eigenvalue weighted by molar-refractivity contribution is 5.94. The highest BCUT2D eigenvalue weighted by Gasteiger charge is 2.18. The Kier molecular flexibility index (Phi) is 4.38. The number of benzene rings is 1. The van der Waals surface area contributed by atoms with Crippen molar-refractivity contribution in [3.05, 3.63) is 35.9 Å². The number of carbonyl (C=O) groups is 1. The Balaban J connectivity index is 1.87. The third kappa shape index (κ3) is 3.90. The standard InChI is InChI=1S/C15H18N2O/c1-12-11-14(9-10-16-12)17-15(18)8-7-13-5-3-2-4-6-13/h2-6,12,14,16H,9-11H2,1H3,(H,17,18). The molecule has 18 heavy (non-hydrogen) atoms. The SMILES string of the molecule is CC1CC(NC(=O)C#Cc2ccccc2)CCN1. The zero-order valence-electron chi connectivity index (χ0n) is 10.6. The van der Waals surface area contributed by atoms with Crippen LogP contribution in [0.2, 0.25) is 0 Å². The van der Waals surface area contributed by atoms with Gasteiger partial charge in [0.1, 0.15) is 0 Å². The first-order valence-electron chi connectivity index (χ1n) is 6.35. The summed E-state index contributed by atoms with van der Waals surface area (Å²) in [6.45, 7) is 3.09. The normalized spacial score (nSPS) is 22.7. The quantitative estimate of drug-likeness (QED) is 0.729. The molecule has 1 aromatic carbocycles. The first-order chi connectivity index (χ1) is 8.74. The van der Waals surface area contributed by atoms with Crippen LogP contribution in [0.4, 0.5) is 0 Å². The molecule has 1 saturated heterocycles. The van der Waals surface area contributed by atoms with E-state index in [0.717, 1.165) is 24.9 Å². The summed E-state index contributed by atoms with van der Waals surface area (Å²) in [7, 11) is 0. The van der Waals surface area contributed by atoms with Crippen molar-refractivity contribution in [2.24, 2.45) is 0 Å². The summed E-state index contributed by atoms with van der Waals surface area (Å²) < 4.78 is 0. The molecule has 2 atom stereocenters. The van der Waals surface area contributed by atoms with E-state index < -0.39 is 0 Å². The molecule has 2 rings (SSSR count). The maximum absolute atomic E-state index is 11.7. The number of hydrogen-bond donors (Lipinski definition) is 2. The molecule has 1 amide bonds. The van der Waals surface area contributed by atoms with Crippen LogP contribution in [0.1, 0.15) is 25.3 Å². The highest BCUT2D eigenvalue weighted by Crippen LogP contribution is 2.07. The fraction of sp³-hybridized carbons (Fsp3) is 0.400. The molecule has 1 aliphatic rings. The zero-order chi connectivity index (χ0) is 12.8. The van der Waals surface area contributed by atoms with Crippen molar-refractivity contribution in [1.82, 2.24) is 10.6 Å². The molecule has 3 heteroatoms. The lowest BCUT2D eigenvalue weighted by Gasteiger charge is -2.27. The van der Waals surface area contributed by atoms with Gasteiger partial charge in [-0.1, -0.05) is 24.1 Å². The highest BCUT2D eigenvalue weighted by atomic mass is 16.1. The Labute approximate surface area is 108 Å². The second kappa shape index (κ2) is 6.23. The van der Waals surface area contributed by atoms with Gasteiger partial charge >= 0.3 is 0 Å². The molecule has 0 spiro atoms. The summed E-state index contributed by atoms with van der Waals surface area (Å²) in [4.78, 5) is 11.7. The molecule has 2 N–H and O–H groups in total. The van der Waals surface area contributed by atoms with Gasteiger partial charge in [0.15, 0.2) is 0 Å². The lowest BCUT2D eigenvalue weighted by atomic mass is 10.0. The second-order valence-electron chi connectivity index (χ2n) is 4.67. The number of amides is 1. The lowest BCUT2D eigenvalue weighted by Crippen LogP contribution is -2.46. The summed E-state index contributed by atoms with van der Waals surface area (Å²) in [5.74, 6) is 5.33. The van der Waals surface area contributed by atoms with E-state index in [1.54, 1.807) is 0 Å². The molecular weight excluding hydrogens is 224 g/mol. The van der Waals surface area contributed by atoms with E-state index in [0.29, 0.717) is 6.04 Å². The number of rotatable bonds is 1. The van der Waals surface area contributed by atoms with Crippen LogP contribution in [0.25, 0.3) is 0 Å². The molecule has 1 heterocycles. The molecule has 0 radical (unpaired) electrons. The zero-order valence-corrected chi connectivity index (χ0v) is 10.6. The maximum Gasteiger partial charge on any atom is 0.296 e. The van der Waals surface area contributed by atoms with Crippen molar-refractivity contribution >= 4 is 5.91 Å². The molecule has 0 saturated carbocycles. The molecule has 0 aliphatic carbocycles. The minimum atomic E-state index is -0.182. The van der Waals surface area contributed by atoms with Gasteiger partial charge in [0.2, 0.25) is 0 Å². The Morgan fingerprint density at radius 2 is 2.17 bits per heavy atom. The van der Waals surface area contributed by atoms with E-state index in [2.05, 4.69) is 29.4 Å². The van der Waals surface area contributed by atoms with Gasteiger partial charge in [-0.05, 0) is 38.4 Å². The molecule has 1 aliphatic heterocycles. The van der Waals surface area contributed by atoms with Gasteiger partial charge in [0.25, 0.3) is 5.91 Å². The van der Waals surface area contributed by atoms with Gasteiger partial charge in [-0.15, -0.1) is 0 Å². The summed E-state index contributed by atoms with van der Waals surface area (Å²) in [5, 5.41) is 6.32. The molecular formula is C15H18N2O. The lowest BCUT2D eigenvalue weighted by molar-refractivity contribution is -0.116. The van der Waals surface area contributed by atoms with Gasteiger partial charge in [-0.2, -0.15) is 0 Å². The average molecular weight is 242 g/mol. The van der Waals surface area contributed by atoms with Crippen LogP contribution in [0.15, 0.2) is 30.3 Å². The van der Waals surface area contributed by atoms with Gasteiger partial charge < -0.3 is 10.6 Å². The number of nitrogens with one attached hydrogen (secondary N) is 2. The van der Waals surface area contributed by atoms with E-state index in [-0.39, 0.29) is 11.9 Å². The molecule has 3 nitrogen and oxygen atoms in total. The van der Waals surface area contributed by atoms with Gasteiger partial charge in [-0.25, -0.2) is 0 Å². The van der Waals surface area contributed by atoms with E-state index in [9.17, 15) is 4.79 Å². The third-order valence-corrected chi connectivity index (χ3v) is 3.05. The van der Waals surface area contributed by atoms with Crippen LogP contribution in [0, 0.1) is 11.8 Å². The van der Waals surface area contributed by atoms with Crippen LogP contribution < -0.4 is 10.6 Å². The van der Waals surface area contributed by atoms with E-state index in [4.69, 9.17) is 0 Å². The largest absolute Gasteiger partial charge is 0.342 e. The topological polar surface area (TPSA) is 41.1 Å². The third-order valence-electron chi connectivity index (χ3n) is 3.05. The van der Waals surface area contributed by atoms with Gasteiger partial charge in [0.05, 0.1) is 0 Å². The van der Waals surface area contributed by atoms with E-state index in [1.165, 1.54) is 0 Å². The summed E-state index contributed by atoms with van der Waals surface area (Å²) >= 11 is 0. The Hall–Kier alpha value is -1.79. The number of carbonyl (C=O) groups excluding carboxylic acids is 1. The molecule has 1 fully saturated rings. The fourth-order valence-corrected chi connectivity index (χ4v) is 2.13. The smallest absolute Gasteiger partial charge is 0.296 e. The molecule has 94 valence electrons. The minimum absolute atomic E-state index is 0.182. The van der Waals surface area contributed by atoms with Crippen molar-refractivity contribution in [2.45, 2.75) is 31.8 Å². The van der Waals surface area contributed by atoms with Crippen molar-refractivity contribution in [3.63, 3.8) is 0 Å². The summed E-state index contributed by atoms with van der Waals surface area (Å²) in [6.07, 6.45) is 1.95. The minimum Gasteiger partial charge on any atom is -0.342 e. The van der Waals surface area contributed by atoms with E-state index >= 15 is 0 Å². The second-order valence-corrected chi connectivity index (χ2v) is 4.67. The first kappa shape index (κ1) is 12.7. The fourth-order valence-electron chi connectivity index (χ4n) is 2.13. The number of hydrogen-bond acceptors (Lipinski definition) is 2. The van der Waals surface area contributed by atoms with Gasteiger partial charge in [-0.3, -0.25) is 4.79 Å². The van der Waals surface area contributed by atoms with Crippen molar-refractivity contribution in [1.29, 1.82) is 0 Å². The predicted octanol–water partition coefficient (Wildman–Crippen LogP) is 1.29. The predicted molar refractivity (Wildman–Crippen MR) is 71.9 cm³/mol. The molecule has 0 bridgehead atoms. The Morgan fingerprint density at radius 3 is 2.89 bits per heavy atom. The summed E-state index contributed by atoms with van der Waals surface area (Å²) in [6, 6.07) is 10.3. The molecule has 0 aromatic heterocycles. The Bertz CT molecular complexity index is 458. The van der Waals surface area contributed by atoms with E-state index in [1.807, 2.05) is 30.3 Å². The van der Waals surface area contributed by atoms with Crippen molar-refractivity contribution in [3.8, 4) is 11.8 Å².